The van der Waals surface area contributed by atoms with E-state index in [-0.39, 0.29) is 12.4 Å². The lowest BCUT2D eigenvalue weighted by atomic mass is 10.2. The first kappa shape index (κ1) is 11.1. The third-order valence-electron chi connectivity index (χ3n) is 2.16. The van der Waals surface area contributed by atoms with Crippen LogP contribution >= 0.6 is 0 Å². The van der Waals surface area contributed by atoms with Gasteiger partial charge in [-0.2, -0.15) is 5.26 Å². The Hall–Kier alpha value is -2.35. The van der Waals surface area contributed by atoms with Gasteiger partial charge in [-0.05, 0) is 19.1 Å². The molecule has 0 N–H and O–H groups in total. The van der Waals surface area contributed by atoms with Crippen molar-refractivity contribution in [3.8, 4) is 6.07 Å². The normalized spacial score (nSPS) is 10.1. The van der Waals surface area contributed by atoms with Gasteiger partial charge in [0.2, 0.25) is 5.89 Å². The fourth-order valence-electron chi connectivity index (χ4n) is 1.45. The van der Waals surface area contributed by atoms with Gasteiger partial charge in [-0.1, -0.05) is 0 Å². The van der Waals surface area contributed by atoms with Gasteiger partial charge in [-0.3, -0.25) is 4.79 Å². The molecule has 0 aliphatic heterocycles. The minimum atomic E-state index is -0.375. The molecule has 1 aromatic heterocycles. The van der Waals surface area contributed by atoms with E-state index in [1.807, 2.05) is 6.07 Å². The van der Waals surface area contributed by atoms with E-state index in [2.05, 4.69) is 4.98 Å². The fraction of sp³-hybridized carbons (Fsp3) is 0.250. The summed E-state index contributed by atoms with van der Waals surface area (Å²) >= 11 is 0. The van der Waals surface area contributed by atoms with Gasteiger partial charge in [0.15, 0.2) is 5.58 Å². The number of nitriles is 1. The first-order chi connectivity index (χ1) is 8.22. The van der Waals surface area contributed by atoms with Gasteiger partial charge in [-0.25, -0.2) is 4.98 Å². The van der Waals surface area contributed by atoms with Crippen molar-refractivity contribution in [2.75, 3.05) is 6.61 Å². The van der Waals surface area contributed by atoms with Crippen molar-refractivity contribution < 1.29 is 13.9 Å². The molecule has 5 nitrogen and oxygen atoms in total. The molecule has 0 radical (unpaired) electrons. The van der Waals surface area contributed by atoms with Crippen molar-refractivity contribution in [3.05, 3.63) is 29.7 Å². The topological polar surface area (TPSA) is 76.1 Å². The average molecular weight is 230 g/mol. The SMILES string of the molecule is CCOC(=O)Cc1nc2ccc(C#N)cc2o1. The van der Waals surface area contributed by atoms with Crippen LogP contribution in [0.3, 0.4) is 0 Å². The predicted molar refractivity (Wildman–Crippen MR) is 59.1 cm³/mol. The summed E-state index contributed by atoms with van der Waals surface area (Å²) in [7, 11) is 0. The number of aromatic nitrogens is 1. The van der Waals surface area contributed by atoms with Crippen molar-refractivity contribution in [1.82, 2.24) is 4.98 Å². The first-order valence-electron chi connectivity index (χ1n) is 5.18. The maximum Gasteiger partial charge on any atom is 0.315 e. The van der Waals surface area contributed by atoms with E-state index in [0.29, 0.717) is 29.2 Å². The van der Waals surface area contributed by atoms with Gasteiger partial charge in [0.1, 0.15) is 11.9 Å². The van der Waals surface area contributed by atoms with E-state index < -0.39 is 0 Å². The van der Waals surface area contributed by atoms with Crippen molar-refractivity contribution in [2.45, 2.75) is 13.3 Å². The second kappa shape index (κ2) is 4.66. The van der Waals surface area contributed by atoms with Crippen LogP contribution in [0.5, 0.6) is 0 Å². The molecule has 0 saturated heterocycles. The Bertz CT molecular complexity index is 595. The molecule has 0 amide bonds. The number of nitrogens with zero attached hydrogens (tertiary/aromatic N) is 2. The fourth-order valence-corrected chi connectivity index (χ4v) is 1.45. The van der Waals surface area contributed by atoms with E-state index in [9.17, 15) is 4.79 Å². The Kier molecular flexibility index (Phi) is 3.06. The summed E-state index contributed by atoms with van der Waals surface area (Å²) in [5, 5.41) is 8.73. The van der Waals surface area contributed by atoms with Crippen molar-refractivity contribution in [2.24, 2.45) is 0 Å². The summed E-state index contributed by atoms with van der Waals surface area (Å²) in [6.45, 7) is 2.07. The monoisotopic (exact) mass is 230 g/mol. The summed E-state index contributed by atoms with van der Waals surface area (Å²) in [4.78, 5) is 15.4. The van der Waals surface area contributed by atoms with Crippen LogP contribution < -0.4 is 0 Å². The zero-order valence-corrected chi connectivity index (χ0v) is 9.27. The molecular formula is C12H10N2O3. The van der Waals surface area contributed by atoms with Gasteiger partial charge < -0.3 is 9.15 Å². The van der Waals surface area contributed by atoms with Crippen LogP contribution in [0.15, 0.2) is 22.6 Å². The number of oxazole rings is 1. The Labute approximate surface area is 97.6 Å². The number of hydrogen-bond acceptors (Lipinski definition) is 5. The number of esters is 1. The summed E-state index contributed by atoms with van der Waals surface area (Å²) in [5.41, 5.74) is 1.63. The number of carbonyl (C=O) groups excluding carboxylic acids is 1. The average Bonchev–Trinajstić information content (AvgIpc) is 2.69. The lowest BCUT2D eigenvalue weighted by Gasteiger charge is -1.96. The van der Waals surface area contributed by atoms with Crippen LogP contribution in [-0.2, 0) is 16.0 Å². The number of ether oxygens (including phenoxy) is 1. The molecule has 0 fully saturated rings. The molecule has 86 valence electrons. The highest BCUT2D eigenvalue weighted by Gasteiger charge is 2.11. The number of fused-ring (bicyclic) bond motifs is 1. The maximum atomic E-state index is 11.2. The zero-order valence-electron chi connectivity index (χ0n) is 9.27. The van der Waals surface area contributed by atoms with Crippen LogP contribution in [0.1, 0.15) is 18.4 Å². The molecule has 2 rings (SSSR count). The molecule has 5 heteroatoms. The van der Waals surface area contributed by atoms with Gasteiger partial charge in [0, 0.05) is 6.07 Å². The minimum absolute atomic E-state index is 0.00437. The number of carbonyl (C=O) groups is 1. The lowest BCUT2D eigenvalue weighted by Crippen LogP contribution is -2.07. The van der Waals surface area contributed by atoms with E-state index in [1.54, 1.807) is 25.1 Å². The van der Waals surface area contributed by atoms with E-state index in [0.717, 1.165) is 0 Å². The predicted octanol–water partition coefficient (Wildman–Crippen LogP) is 1.81. The molecule has 1 aromatic carbocycles. The van der Waals surface area contributed by atoms with Gasteiger partial charge >= 0.3 is 5.97 Å². The molecule has 0 bridgehead atoms. The molecule has 1 heterocycles. The smallest absolute Gasteiger partial charge is 0.315 e. The Morgan fingerprint density at radius 1 is 1.59 bits per heavy atom. The number of rotatable bonds is 3. The Morgan fingerprint density at radius 2 is 2.41 bits per heavy atom. The highest BCUT2D eigenvalue weighted by atomic mass is 16.5. The third kappa shape index (κ3) is 2.42. The quantitative estimate of drug-likeness (QED) is 0.751. The van der Waals surface area contributed by atoms with E-state index >= 15 is 0 Å². The molecule has 17 heavy (non-hydrogen) atoms. The molecule has 0 saturated carbocycles. The molecule has 2 aromatic rings. The van der Waals surface area contributed by atoms with Crippen molar-refractivity contribution in [3.63, 3.8) is 0 Å². The minimum Gasteiger partial charge on any atom is -0.466 e. The molecule has 0 spiro atoms. The third-order valence-corrected chi connectivity index (χ3v) is 2.16. The highest BCUT2D eigenvalue weighted by molar-refractivity contribution is 5.76. The van der Waals surface area contributed by atoms with Crippen LogP contribution in [-0.4, -0.2) is 17.6 Å². The van der Waals surface area contributed by atoms with E-state index in [1.165, 1.54) is 0 Å². The Morgan fingerprint density at radius 3 is 3.12 bits per heavy atom. The molecule has 0 aliphatic carbocycles. The summed E-state index contributed by atoms with van der Waals surface area (Å²) < 4.78 is 10.2. The number of hydrogen-bond donors (Lipinski definition) is 0. The van der Waals surface area contributed by atoms with Crippen LogP contribution in [0.4, 0.5) is 0 Å². The maximum absolute atomic E-state index is 11.2. The highest BCUT2D eigenvalue weighted by Crippen LogP contribution is 2.17. The van der Waals surface area contributed by atoms with Crippen molar-refractivity contribution in [1.29, 1.82) is 5.26 Å². The largest absolute Gasteiger partial charge is 0.466 e. The second-order valence-electron chi connectivity index (χ2n) is 3.38. The molecule has 0 aliphatic rings. The lowest BCUT2D eigenvalue weighted by molar-refractivity contribution is -0.142. The van der Waals surface area contributed by atoms with Crippen LogP contribution in [0.2, 0.25) is 0 Å². The van der Waals surface area contributed by atoms with Crippen LogP contribution in [0.25, 0.3) is 11.1 Å². The molecule has 0 atom stereocenters. The van der Waals surface area contributed by atoms with Gasteiger partial charge in [-0.15, -0.1) is 0 Å². The second-order valence-corrected chi connectivity index (χ2v) is 3.38. The van der Waals surface area contributed by atoms with E-state index in [4.69, 9.17) is 14.4 Å². The summed E-state index contributed by atoms with van der Waals surface area (Å²) in [6, 6.07) is 6.94. The summed E-state index contributed by atoms with van der Waals surface area (Å²) in [5.74, 6) is -0.0758. The Balaban J connectivity index is 2.26. The van der Waals surface area contributed by atoms with Gasteiger partial charge in [0.25, 0.3) is 0 Å². The summed E-state index contributed by atoms with van der Waals surface area (Å²) in [6.07, 6.45) is 0.00437. The molecular weight excluding hydrogens is 220 g/mol. The van der Waals surface area contributed by atoms with Crippen molar-refractivity contribution >= 4 is 17.1 Å². The van der Waals surface area contributed by atoms with Crippen LogP contribution in [0, 0.1) is 11.3 Å². The van der Waals surface area contributed by atoms with Gasteiger partial charge in [0.05, 0.1) is 18.2 Å². The standard InChI is InChI=1S/C12H10N2O3/c1-2-16-12(15)6-11-14-9-4-3-8(7-13)5-10(9)17-11/h3-5H,2,6H2,1H3. The first-order valence-corrected chi connectivity index (χ1v) is 5.18. The zero-order chi connectivity index (χ0) is 12.3. The number of benzene rings is 1. The molecule has 0 unspecified atom stereocenters.